The normalized spacial score (nSPS) is 16.4. The van der Waals surface area contributed by atoms with Gasteiger partial charge >= 0.3 is 0 Å². The predicted octanol–water partition coefficient (Wildman–Crippen LogP) is 1.51. The molecule has 98 valence electrons. The van der Waals surface area contributed by atoms with Gasteiger partial charge in [-0.05, 0) is 50.4 Å². The molecule has 0 spiro atoms. The van der Waals surface area contributed by atoms with E-state index in [0.29, 0.717) is 18.0 Å². The Kier molecular flexibility index (Phi) is 4.59. The van der Waals surface area contributed by atoms with Crippen LogP contribution < -0.4 is 10.6 Å². The van der Waals surface area contributed by atoms with Crippen molar-refractivity contribution in [1.82, 2.24) is 10.6 Å². The van der Waals surface area contributed by atoms with E-state index in [0.717, 1.165) is 19.5 Å². The lowest BCUT2D eigenvalue weighted by atomic mass is 9.95. The number of para-hydroxylation sites is 1. The van der Waals surface area contributed by atoms with Crippen molar-refractivity contribution in [2.75, 3.05) is 19.6 Å². The Balaban J connectivity index is 1.76. The van der Waals surface area contributed by atoms with E-state index < -0.39 is 0 Å². The molecule has 3 N–H and O–H groups in total. The molecule has 1 aliphatic heterocycles. The lowest BCUT2D eigenvalue weighted by Crippen LogP contribution is -2.31. The summed E-state index contributed by atoms with van der Waals surface area (Å²) in [6, 6.07) is 6.62. The molecule has 4 heteroatoms. The maximum Gasteiger partial charge on any atom is 0.255 e. The van der Waals surface area contributed by atoms with Gasteiger partial charge in [0.2, 0.25) is 0 Å². The van der Waals surface area contributed by atoms with Crippen LogP contribution in [-0.2, 0) is 0 Å². The molecule has 1 saturated heterocycles. The van der Waals surface area contributed by atoms with Gasteiger partial charge in [-0.25, -0.2) is 0 Å². The van der Waals surface area contributed by atoms with Gasteiger partial charge in [-0.15, -0.1) is 0 Å². The molecule has 1 amide bonds. The predicted molar refractivity (Wildman–Crippen MR) is 70.7 cm³/mol. The highest BCUT2D eigenvalue weighted by Gasteiger charge is 2.14. The third kappa shape index (κ3) is 3.47. The van der Waals surface area contributed by atoms with Crippen molar-refractivity contribution in [3.8, 4) is 5.75 Å². The summed E-state index contributed by atoms with van der Waals surface area (Å²) in [6.45, 7) is 2.84. The van der Waals surface area contributed by atoms with Gasteiger partial charge in [0.25, 0.3) is 5.91 Å². The van der Waals surface area contributed by atoms with Crippen molar-refractivity contribution in [3.63, 3.8) is 0 Å². The number of phenols is 1. The molecule has 1 aromatic rings. The fourth-order valence-corrected chi connectivity index (χ4v) is 2.32. The van der Waals surface area contributed by atoms with Crippen LogP contribution in [0.4, 0.5) is 0 Å². The van der Waals surface area contributed by atoms with E-state index in [-0.39, 0.29) is 11.7 Å². The number of hydrogen-bond donors (Lipinski definition) is 3. The molecule has 2 rings (SSSR count). The first-order valence-electron chi connectivity index (χ1n) is 6.54. The van der Waals surface area contributed by atoms with Crippen LogP contribution in [0.1, 0.15) is 29.6 Å². The third-order valence-corrected chi connectivity index (χ3v) is 3.45. The maximum absolute atomic E-state index is 11.8. The van der Waals surface area contributed by atoms with Crippen LogP contribution in [0.5, 0.6) is 5.75 Å². The number of benzene rings is 1. The van der Waals surface area contributed by atoms with Gasteiger partial charge in [0.15, 0.2) is 0 Å². The van der Waals surface area contributed by atoms with E-state index in [1.807, 2.05) is 0 Å². The van der Waals surface area contributed by atoms with E-state index >= 15 is 0 Å². The zero-order valence-electron chi connectivity index (χ0n) is 10.5. The topological polar surface area (TPSA) is 61.4 Å². The summed E-state index contributed by atoms with van der Waals surface area (Å²) in [5.41, 5.74) is 0.350. The van der Waals surface area contributed by atoms with Gasteiger partial charge < -0.3 is 15.7 Å². The van der Waals surface area contributed by atoms with Gasteiger partial charge in [0.1, 0.15) is 5.75 Å². The average molecular weight is 248 g/mol. The summed E-state index contributed by atoms with van der Waals surface area (Å²) < 4.78 is 0. The fraction of sp³-hybridized carbons (Fsp3) is 0.500. The van der Waals surface area contributed by atoms with Crippen LogP contribution in [-0.4, -0.2) is 30.6 Å². The zero-order valence-corrected chi connectivity index (χ0v) is 10.5. The van der Waals surface area contributed by atoms with Crippen LogP contribution >= 0.6 is 0 Å². The van der Waals surface area contributed by atoms with E-state index in [1.165, 1.54) is 18.9 Å². The molecular formula is C14H20N2O2. The first kappa shape index (κ1) is 12.9. The Morgan fingerprint density at radius 1 is 1.33 bits per heavy atom. The van der Waals surface area contributed by atoms with Crippen molar-refractivity contribution < 1.29 is 9.90 Å². The molecule has 1 aliphatic rings. The smallest absolute Gasteiger partial charge is 0.255 e. The van der Waals surface area contributed by atoms with Gasteiger partial charge in [0, 0.05) is 6.54 Å². The molecule has 0 aromatic heterocycles. The molecule has 1 heterocycles. The van der Waals surface area contributed by atoms with Crippen LogP contribution in [0, 0.1) is 5.92 Å². The zero-order chi connectivity index (χ0) is 12.8. The summed E-state index contributed by atoms with van der Waals surface area (Å²) in [5, 5.41) is 15.8. The maximum atomic E-state index is 11.8. The molecule has 0 atom stereocenters. The highest BCUT2D eigenvalue weighted by molar-refractivity contribution is 5.96. The molecule has 1 fully saturated rings. The van der Waals surface area contributed by atoms with Crippen molar-refractivity contribution >= 4 is 5.91 Å². The third-order valence-electron chi connectivity index (χ3n) is 3.45. The monoisotopic (exact) mass is 248 g/mol. The Labute approximate surface area is 107 Å². The number of carbonyl (C=O) groups excluding carboxylic acids is 1. The molecule has 0 bridgehead atoms. The summed E-state index contributed by atoms with van der Waals surface area (Å²) in [4.78, 5) is 11.8. The van der Waals surface area contributed by atoms with Crippen LogP contribution in [0.2, 0.25) is 0 Å². The summed E-state index contributed by atoms with van der Waals surface area (Å²) in [5.74, 6) is 0.551. The summed E-state index contributed by atoms with van der Waals surface area (Å²) in [6.07, 6.45) is 3.39. The van der Waals surface area contributed by atoms with Crippen molar-refractivity contribution in [3.05, 3.63) is 29.8 Å². The van der Waals surface area contributed by atoms with Gasteiger partial charge in [-0.3, -0.25) is 4.79 Å². The molecule has 0 unspecified atom stereocenters. The Morgan fingerprint density at radius 3 is 2.78 bits per heavy atom. The van der Waals surface area contributed by atoms with E-state index in [1.54, 1.807) is 18.2 Å². The highest BCUT2D eigenvalue weighted by atomic mass is 16.3. The van der Waals surface area contributed by atoms with Crippen LogP contribution in [0.3, 0.4) is 0 Å². The van der Waals surface area contributed by atoms with Crippen molar-refractivity contribution in [1.29, 1.82) is 0 Å². The molecule has 18 heavy (non-hydrogen) atoms. The number of aromatic hydroxyl groups is 1. The number of carbonyl (C=O) groups is 1. The van der Waals surface area contributed by atoms with E-state index in [4.69, 9.17) is 0 Å². The molecule has 0 radical (unpaired) electrons. The largest absolute Gasteiger partial charge is 0.507 e. The van der Waals surface area contributed by atoms with Crippen molar-refractivity contribution in [2.45, 2.75) is 19.3 Å². The van der Waals surface area contributed by atoms with Gasteiger partial charge in [-0.2, -0.15) is 0 Å². The quantitative estimate of drug-likeness (QED) is 0.757. The number of rotatable bonds is 4. The first-order chi connectivity index (χ1) is 8.77. The second-order valence-electron chi connectivity index (χ2n) is 4.76. The number of piperidine rings is 1. The molecule has 0 aliphatic carbocycles. The Hall–Kier alpha value is -1.55. The van der Waals surface area contributed by atoms with Crippen LogP contribution in [0.15, 0.2) is 24.3 Å². The number of nitrogens with one attached hydrogen (secondary N) is 2. The average Bonchev–Trinajstić information content (AvgIpc) is 2.40. The highest BCUT2D eigenvalue weighted by Crippen LogP contribution is 2.17. The number of phenolic OH excluding ortho intramolecular Hbond substituents is 1. The fourth-order valence-electron chi connectivity index (χ4n) is 2.32. The second-order valence-corrected chi connectivity index (χ2v) is 4.76. The minimum atomic E-state index is -0.193. The minimum absolute atomic E-state index is 0.0388. The van der Waals surface area contributed by atoms with Gasteiger partial charge in [0.05, 0.1) is 5.56 Å². The Bertz CT molecular complexity index is 401. The number of amides is 1. The summed E-state index contributed by atoms with van der Waals surface area (Å²) >= 11 is 0. The van der Waals surface area contributed by atoms with Crippen molar-refractivity contribution in [2.24, 2.45) is 5.92 Å². The molecule has 1 aromatic carbocycles. The van der Waals surface area contributed by atoms with E-state index in [2.05, 4.69) is 10.6 Å². The molecular weight excluding hydrogens is 228 g/mol. The SMILES string of the molecule is O=C(NCCC1CCNCC1)c1ccccc1O. The minimum Gasteiger partial charge on any atom is -0.507 e. The lowest BCUT2D eigenvalue weighted by molar-refractivity contribution is 0.0948. The van der Waals surface area contributed by atoms with Crippen LogP contribution in [0.25, 0.3) is 0 Å². The molecule has 0 saturated carbocycles. The Morgan fingerprint density at radius 2 is 2.06 bits per heavy atom. The first-order valence-corrected chi connectivity index (χ1v) is 6.54. The molecule has 4 nitrogen and oxygen atoms in total. The standard InChI is InChI=1S/C14H20N2O2/c17-13-4-2-1-3-12(13)14(18)16-10-7-11-5-8-15-9-6-11/h1-4,11,15,17H,5-10H2,(H,16,18). The lowest BCUT2D eigenvalue weighted by Gasteiger charge is -2.22. The second kappa shape index (κ2) is 6.40. The van der Waals surface area contributed by atoms with E-state index in [9.17, 15) is 9.90 Å². The number of hydrogen-bond acceptors (Lipinski definition) is 3. The van der Waals surface area contributed by atoms with Gasteiger partial charge in [-0.1, -0.05) is 12.1 Å². The summed E-state index contributed by atoms with van der Waals surface area (Å²) in [7, 11) is 0.